The highest BCUT2D eigenvalue weighted by Crippen LogP contribution is 2.30. The number of aryl methyl sites for hydroxylation is 1. The Morgan fingerprint density at radius 1 is 1.23 bits per heavy atom. The van der Waals surface area contributed by atoms with E-state index in [1.807, 2.05) is 0 Å². The smallest absolute Gasteiger partial charge is 0.416 e. The largest absolute Gasteiger partial charge is 0.488 e. The molecule has 0 atom stereocenters. The number of urea groups is 1. The molecule has 3 aromatic rings. The molecular formula is C20H18F3N5O3. The maximum absolute atomic E-state index is 12.8. The van der Waals surface area contributed by atoms with Crippen LogP contribution in [0.25, 0.3) is 11.4 Å². The molecule has 2 heterocycles. The zero-order valence-corrected chi connectivity index (χ0v) is 16.5. The van der Waals surface area contributed by atoms with Crippen molar-refractivity contribution >= 4 is 17.4 Å². The maximum atomic E-state index is 12.8. The Morgan fingerprint density at radius 2 is 2.00 bits per heavy atom. The number of pyridine rings is 1. The topological polar surface area (TPSA) is 109 Å². The van der Waals surface area contributed by atoms with Crippen LogP contribution in [0.4, 0.5) is 29.3 Å². The van der Waals surface area contributed by atoms with Crippen molar-refractivity contribution in [2.75, 3.05) is 17.2 Å². The number of halogens is 3. The lowest BCUT2D eigenvalue weighted by Gasteiger charge is -2.12. The number of hydrogen-bond acceptors (Lipinski definition) is 5. The fourth-order valence-corrected chi connectivity index (χ4v) is 2.64. The number of carbonyl (C=O) groups excluding carboxylic acids is 1. The molecule has 2 amide bonds. The summed E-state index contributed by atoms with van der Waals surface area (Å²) in [6.45, 7) is 3.69. The highest BCUT2D eigenvalue weighted by molar-refractivity contribution is 6.00. The number of alkyl halides is 3. The number of benzene rings is 1. The lowest BCUT2D eigenvalue weighted by atomic mass is 10.2. The van der Waals surface area contributed by atoms with E-state index in [-0.39, 0.29) is 22.7 Å². The molecule has 0 saturated heterocycles. The van der Waals surface area contributed by atoms with Crippen molar-refractivity contribution < 1.29 is 22.7 Å². The summed E-state index contributed by atoms with van der Waals surface area (Å²) >= 11 is 0. The van der Waals surface area contributed by atoms with Gasteiger partial charge in [0.25, 0.3) is 5.56 Å². The van der Waals surface area contributed by atoms with E-state index >= 15 is 0 Å². The Labute approximate surface area is 174 Å². The van der Waals surface area contributed by atoms with Crippen LogP contribution in [-0.2, 0) is 6.18 Å². The molecule has 31 heavy (non-hydrogen) atoms. The third kappa shape index (κ3) is 5.38. The predicted octanol–water partition coefficient (Wildman–Crippen LogP) is 4.20. The van der Waals surface area contributed by atoms with Crippen LogP contribution < -0.4 is 20.9 Å². The van der Waals surface area contributed by atoms with E-state index in [4.69, 9.17) is 4.74 Å². The summed E-state index contributed by atoms with van der Waals surface area (Å²) in [4.78, 5) is 34.9. The molecule has 3 rings (SSSR count). The minimum Gasteiger partial charge on any atom is -0.488 e. The van der Waals surface area contributed by atoms with Gasteiger partial charge in [0.05, 0.1) is 29.7 Å². The SMILES string of the molecule is CCOc1cc(-c2ncc(NC(=O)Nc3cccc(C(F)(F)F)c3)c(C)n2)c[nH]c1=O. The first-order chi connectivity index (χ1) is 14.7. The highest BCUT2D eigenvalue weighted by atomic mass is 19.4. The molecule has 0 aliphatic carbocycles. The number of anilines is 2. The number of hydrogen-bond donors (Lipinski definition) is 3. The van der Waals surface area contributed by atoms with Crippen molar-refractivity contribution in [2.24, 2.45) is 0 Å². The van der Waals surface area contributed by atoms with Gasteiger partial charge in [-0.1, -0.05) is 6.07 Å². The average Bonchev–Trinajstić information content (AvgIpc) is 2.71. The Morgan fingerprint density at radius 3 is 2.68 bits per heavy atom. The summed E-state index contributed by atoms with van der Waals surface area (Å²) < 4.78 is 43.7. The zero-order valence-electron chi connectivity index (χ0n) is 16.5. The molecule has 0 fully saturated rings. The third-order valence-electron chi connectivity index (χ3n) is 4.10. The van der Waals surface area contributed by atoms with Gasteiger partial charge in [-0.25, -0.2) is 14.8 Å². The van der Waals surface area contributed by atoms with E-state index < -0.39 is 17.8 Å². The lowest BCUT2D eigenvalue weighted by Crippen LogP contribution is -2.21. The van der Waals surface area contributed by atoms with Crippen molar-refractivity contribution in [1.29, 1.82) is 0 Å². The van der Waals surface area contributed by atoms with Crippen LogP contribution in [-0.4, -0.2) is 27.6 Å². The first-order valence-electron chi connectivity index (χ1n) is 9.12. The van der Waals surface area contributed by atoms with E-state index in [0.717, 1.165) is 12.1 Å². The molecule has 8 nitrogen and oxygen atoms in total. The Balaban J connectivity index is 1.74. The number of rotatable bonds is 5. The molecule has 0 radical (unpaired) electrons. The van der Waals surface area contributed by atoms with Crippen molar-refractivity contribution in [2.45, 2.75) is 20.0 Å². The number of nitrogens with one attached hydrogen (secondary N) is 3. The van der Waals surface area contributed by atoms with Crippen molar-refractivity contribution in [3.8, 4) is 17.1 Å². The molecule has 1 aromatic carbocycles. The fraction of sp³-hybridized carbons (Fsp3) is 0.200. The average molecular weight is 433 g/mol. The van der Waals surface area contributed by atoms with E-state index in [2.05, 4.69) is 25.6 Å². The molecule has 11 heteroatoms. The molecule has 162 valence electrons. The van der Waals surface area contributed by atoms with Crippen LogP contribution in [0.5, 0.6) is 5.75 Å². The zero-order chi connectivity index (χ0) is 22.6. The van der Waals surface area contributed by atoms with Crippen LogP contribution in [0.15, 0.2) is 47.5 Å². The van der Waals surface area contributed by atoms with Gasteiger partial charge in [0, 0.05) is 17.4 Å². The van der Waals surface area contributed by atoms with Gasteiger partial charge in [-0.2, -0.15) is 13.2 Å². The summed E-state index contributed by atoms with van der Waals surface area (Å²) in [5, 5.41) is 4.84. The van der Waals surface area contributed by atoms with E-state index in [9.17, 15) is 22.8 Å². The molecule has 0 aliphatic heterocycles. The number of ether oxygens (including phenoxy) is 1. The second kappa shape index (κ2) is 8.86. The van der Waals surface area contributed by atoms with Gasteiger partial charge in [0.2, 0.25) is 0 Å². The Hall–Kier alpha value is -3.89. The molecule has 0 unspecified atom stereocenters. The second-order valence-electron chi connectivity index (χ2n) is 6.37. The maximum Gasteiger partial charge on any atom is 0.416 e. The lowest BCUT2D eigenvalue weighted by molar-refractivity contribution is -0.137. The van der Waals surface area contributed by atoms with Gasteiger partial charge >= 0.3 is 12.2 Å². The van der Waals surface area contributed by atoms with Crippen molar-refractivity contribution in [3.63, 3.8) is 0 Å². The van der Waals surface area contributed by atoms with E-state index in [1.54, 1.807) is 13.8 Å². The van der Waals surface area contributed by atoms with Gasteiger partial charge in [-0.15, -0.1) is 0 Å². The van der Waals surface area contributed by atoms with Crippen LogP contribution in [0.2, 0.25) is 0 Å². The monoisotopic (exact) mass is 433 g/mol. The van der Waals surface area contributed by atoms with Crippen molar-refractivity contribution in [3.05, 3.63) is 64.3 Å². The van der Waals surface area contributed by atoms with Gasteiger partial charge in [-0.3, -0.25) is 4.79 Å². The number of aromatic amines is 1. The quantitative estimate of drug-likeness (QED) is 0.559. The van der Waals surface area contributed by atoms with Crippen molar-refractivity contribution in [1.82, 2.24) is 15.0 Å². The molecule has 2 aromatic heterocycles. The van der Waals surface area contributed by atoms with E-state index in [0.29, 0.717) is 23.7 Å². The molecule has 0 spiro atoms. The summed E-state index contributed by atoms with van der Waals surface area (Å²) in [5.41, 5.74) is -0.0882. The fourth-order valence-electron chi connectivity index (χ4n) is 2.64. The second-order valence-corrected chi connectivity index (χ2v) is 6.37. The van der Waals surface area contributed by atoms with Crippen LogP contribution in [0.3, 0.4) is 0 Å². The van der Waals surface area contributed by atoms with Gasteiger partial charge in [0.15, 0.2) is 11.6 Å². The van der Waals surface area contributed by atoms with Gasteiger partial charge in [0.1, 0.15) is 0 Å². The van der Waals surface area contributed by atoms with Crippen LogP contribution >= 0.6 is 0 Å². The minimum atomic E-state index is -4.52. The van der Waals surface area contributed by atoms with Crippen LogP contribution in [0.1, 0.15) is 18.2 Å². The standard InChI is InChI=1S/C20H18F3N5O3/c1-3-31-16-7-12(9-25-18(16)29)17-24-10-15(11(2)26-17)28-19(30)27-14-6-4-5-13(8-14)20(21,22)23/h4-10H,3H2,1-2H3,(H,25,29)(H2,27,28,30). The normalized spacial score (nSPS) is 11.1. The molecule has 0 saturated carbocycles. The third-order valence-corrected chi connectivity index (χ3v) is 4.10. The molecule has 0 aliphatic rings. The molecule has 0 bridgehead atoms. The number of nitrogens with zero attached hydrogens (tertiary/aromatic N) is 2. The number of carbonyl (C=O) groups is 1. The molecule has 3 N–H and O–H groups in total. The summed E-state index contributed by atoms with van der Waals surface area (Å²) in [7, 11) is 0. The summed E-state index contributed by atoms with van der Waals surface area (Å²) in [6, 6.07) is 5.04. The Bertz CT molecular complexity index is 1160. The van der Waals surface area contributed by atoms with Gasteiger partial charge < -0.3 is 20.4 Å². The van der Waals surface area contributed by atoms with Crippen LogP contribution in [0, 0.1) is 6.92 Å². The minimum absolute atomic E-state index is 0.0146. The number of aromatic nitrogens is 3. The number of amides is 2. The highest BCUT2D eigenvalue weighted by Gasteiger charge is 2.30. The first-order valence-corrected chi connectivity index (χ1v) is 9.12. The summed E-state index contributed by atoms with van der Waals surface area (Å²) in [6.07, 6.45) is -1.72. The first kappa shape index (κ1) is 21.8. The van der Waals surface area contributed by atoms with E-state index in [1.165, 1.54) is 30.6 Å². The summed E-state index contributed by atoms with van der Waals surface area (Å²) in [5.74, 6) is 0.419. The number of H-pyrrole nitrogens is 1. The molecular weight excluding hydrogens is 415 g/mol. The Kier molecular flexibility index (Phi) is 6.23. The van der Waals surface area contributed by atoms with Gasteiger partial charge in [-0.05, 0) is 38.1 Å². The predicted molar refractivity (Wildman–Crippen MR) is 108 cm³/mol.